The van der Waals surface area contributed by atoms with Crippen molar-refractivity contribution in [1.29, 1.82) is 0 Å². The Labute approximate surface area is 105 Å². The fourth-order valence-electron chi connectivity index (χ4n) is 2.73. The van der Waals surface area contributed by atoms with Gasteiger partial charge in [-0.15, -0.1) is 0 Å². The van der Waals surface area contributed by atoms with Crippen molar-refractivity contribution in [3.63, 3.8) is 0 Å². The second-order valence-electron chi connectivity index (χ2n) is 5.87. The van der Waals surface area contributed by atoms with Crippen LogP contribution in [0.15, 0.2) is 0 Å². The molecule has 0 spiro atoms. The summed E-state index contributed by atoms with van der Waals surface area (Å²) in [6.45, 7) is 9.57. The predicted octanol–water partition coefficient (Wildman–Crippen LogP) is 0.378. The topological polar surface area (TPSA) is 41.7 Å². The van der Waals surface area contributed by atoms with E-state index in [1.807, 2.05) is 0 Å². The molecule has 1 aliphatic carbocycles. The van der Waals surface area contributed by atoms with Gasteiger partial charge in [-0.25, -0.2) is 0 Å². The number of piperazine rings is 1. The molecule has 0 aromatic heterocycles. The van der Waals surface area contributed by atoms with E-state index in [0.29, 0.717) is 6.54 Å². The Bertz CT molecular complexity index is 237. The van der Waals surface area contributed by atoms with Gasteiger partial charge < -0.3 is 15.4 Å². The zero-order valence-electron chi connectivity index (χ0n) is 11.3. The summed E-state index contributed by atoms with van der Waals surface area (Å²) in [4.78, 5) is 5.11. The minimum absolute atomic E-state index is 0.0143. The van der Waals surface area contributed by atoms with Crippen LogP contribution in [0.4, 0.5) is 0 Å². The molecule has 1 heterocycles. The number of rotatable bonds is 6. The van der Waals surface area contributed by atoms with Gasteiger partial charge in [0.2, 0.25) is 0 Å². The third-order valence-electron chi connectivity index (χ3n) is 4.24. The van der Waals surface area contributed by atoms with Gasteiger partial charge in [-0.05, 0) is 25.7 Å². The van der Waals surface area contributed by atoms with Crippen LogP contribution in [-0.4, -0.2) is 68.3 Å². The highest BCUT2D eigenvalue weighted by Gasteiger charge is 2.34. The minimum atomic E-state index is 0.0143. The van der Waals surface area contributed by atoms with Crippen LogP contribution in [0.3, 0.4) is 0 Å². The van der Waals surface area contributed by atoms with Crippen molar-refractivity contribution in [3.05, 3.63) is 0 Å². The smallest absolute Gasteiger partial charge is 0.0656 e. The van der Waals surface area contributed by atoms with Crippen molar-refractivity contribution in [1.82, 2.24) is 9.80 Å². The zero-order chi connectivity index (χ0) is 12.3. The van der Waals surface area contributed by atoms with Crippen molar-refractivity contribution in [2.24, 2.45) is 11.7 Å². The molecule has 1 aliphatic heterocycles. The quantitative estimate of drug-likeness (QED) is 0.730. The first-order chi connectivity index (χ1) is 8.18. The molecule has 1 saturated heterocycles. The van der Waals surface area contributed by atoms with E-state index in [1.165, 1.54) is 32.5 Å². The molecule has 0 amide bonds. The first kappa shape index (κ1) is 13.3. The molecule has 2 rings (SSSR count). The van der Waals surface area contributed by atoms with Gasteiger partial charge in [0.05, 0.1) is 12.1 Å². The average Bonchev–Trinajstić information content (AvgIpc) is 3.14. The highest BCUT2D eigenvalue weighted by molar-refractivity contribution is 4.91. The standard InChI is InChI=1S/C13H27N3O/c1-13(10-14,11-17-2)16-7-5-15(6-8-16)9-12-3-4-12/h12H,3-11,14H2,1-2H3. The zero-order valence-corrected chi connectivity index (χ0v) is 11.3. The van der Waals surface area contributed by atoms with Gasteiger partial charge in [-0.2, -0.15) is 0 Å². The molecule has 2 N–H and O–H groups in total. The summed E-state index contributed by atoms with van der Waals surface area (Å²) < 4.78 is 5.32. The van der Waals surface area contributed by atoms with Gasteiger partial charge in [0.1, 0.15) is 0 Å². The van der Waals surface area contributed by atoms with E-state index >= 15 is 0 Å². The molecule has 2 fully saturated rings. The molecule has 4 nitrogen and oxygen atoms in total. The number of hydrogen-bond donors (Lipinski definition) is 1. The number of methoxy groups -OCH3 is 1. The lowest BCUT2D eigenvalue weighted by Crippen LogP contribution is -2.60. The molecule has 0 radical (unpaired) electrons. The lowest BCUT2D eigenvalue weighted by atomic mass is 10.00. The molecule has 4 heteroatoms. The lowest BCUT2D eigenvalue weighted by molar-refractivity contribution is -0.00387. The Hall–Kier alpha value is -0.160. The first-order valence-corrected chi connectivity index (χ1v) is 6.84. The summed E-state index contributed by atoms with van der Waals surface area (Å²) in [5.41, 5.74) is 5.93. The number of nitrogens with two attached hydrogens (primary N) is 1. The van der Waals surface area contributed by atoms with E-state index in [-0.39, 0.29) is 5.54 Å². The van der Waals surface area contributed by atoms with Gasteiger partial charge in [0.15, 0.2) is 0 Å². The molecular formula is C13H27N3O. The summed E-state index contributed by atoms with van der Waals surface area (Å²) in [5.74, 6) is 1.00. The molecule has 1 unspecified atom stereocenters. The minimum Gasteiger partial charge on any atom is -0.383 e. The van der Waals surface area contributed by atoms with Crippen LogP contribution in [0, 0.1) is 5.92 Å². The number of nitrogens with zero attached hydrogens (tertiary/aromatic N) is 2. The molecular weight excluding hydrogens is 214 g/mol. The largest absolute Gasteiger partial charge is 0.383 e. The van der Waals surface area contributed by atoms with E-state index in [4.69, 9.17) is 10.5 Å². The molecule has 1 saturated carbocycles. The van der Waals surface area contributed by atoms with Crippen molar-refractivity contribution < 1.29 is 4.74 Å². The Morgan fingerprint density at radius 2 is 1.88 bits per heavy atom. The van der Waals surface area contributed by atoms with Gasteiger partial charge in [-0.1, -0.05) is 0 Å². The van der Waals surface area contributed by atoms with Crippen LogP contribution >= 0.6 is 0 Å². The summed E-state index contributed by atoms with van der Waals surface area (Å²) in [7, 11) is 1.76. The van der Waals surface area contributed by atoms with Gasteiger partial charge >= 0.3 is 0 Å². The van der Waals surface area contributed by atoms with Gasteiger partial charge in [-0.3, -0.25) is 4.90 Å². The Morgan fingerprint density at radius 1 is 1.24 bits per heavy atom. The normalized spacial score (nSPS) is 27.0. The van der Waals surface area contributed by atoms with E-state index in [1.54, 1.807) is 7.11 Å². The second-order valence-corrected chi connectivity index (χ2v) is 5.87. The van der Waals surface area contributed by atoms with E-state index in [2.05, 4.69) is 16.7 Å². The maximum absolute atomic E-state index is 5.91. The Kier molecular flexibility index (Phi) is 4.42. The summed E-state index contributed by atoms with van der Waals surface area (Å²) in [6.07, 6.45) is 2.90. The summed E-state index contributed by atoms with van der Waals surface area (Å²) in [6, 6.07) is 0. The number of hydrogen-bond acceptors (Lipinski definition) is 4. The van der Waals surface area contributed by atoms with Crippen LogP contribution in [0.2, 0.25) is 0 Å². The van der Waals surface area contributed by atoms with Crippen LogP contribution in [-0.2, 0) is 4.74 Å². The van der Waals surface area contributed by atoms with Crippen molar-refractivity contribution in [2.75, 3.05) is 53.0 Å². The first-order valence-electron chi connectivity index (χ1n) is 6.84. The fraction of sp³-hybridized carbons (Fsp3) is 1.00. The fourth-order valence-corrected chi connectivity index (χ4v) is 2.73. The SMILES string of the molecule is COCC(C)(CN)N1CCN(CC2CC2)CC1. The molecule has 0 aromatic rings. The predicted molar refractivity (Wildman–Crippen MR) is 70.1 cm³/mol. The molecule has 2 aliphatic rings. The van der Waals surface area contributed by atoms with Crippen LogP contribution in [0.25, 0.3) is 0 Å². The Balaban J connectivity index is 1.79. The van der Waals surface area contributed by atoms with E-state index in [9.17, 15) is 0 Å². The van der Waals surface area contributed by atoms with Gasteiger partial charge in [0.25, 0.3) is 0 Å². The molecule has 100 valence electrons. The van der Waals surface area contributed by atoms with E-state index < -0.39 is 0 Å². The average molecular weight is 241 g/mol. The van der Waals surface area contributed by atoms with Crippen molar-refractivity contribution in [3.8, 4) is 0 Å². The summed E-state index contributed by atoms with van der Waals surface area (Å²) >= 11 is 0. The molecule has 0 bridgehead atoms. The highest BCUT2D eigenvalue weighted by Crippen LogP contribution is 2.30. The van der Waals surface area contributed by atoms with Crippen LogP contribution < -0.4 is 5.73 Å². The Morgan fingerprint density at radius 3 is 2.35 bits per heavy atom. The maximum Gasteiger partial charge on any atom is 0.0656 e. The molecule has 1 atom stereocenters. The number of ether oxygens (including phenoxy) is 1. The third kappa shape index (κ3) is 3.41. The van der Waals surface area contributed by atoms with Gasteiger partial charge in [0, 0.05) is 46.4 Å². The van der Waals surface area contributed by atoms with E-state index in [0.717, 1.165) is 25.6 Å². The van der Waals surface area contributed by atoms with Crippen molar-refractivity contribution in [2.45, 2.75) is 25.3 Å². The van der Waals surface area contributed by atoms with Crippen molar-refractivity contribution >= 4 is 0 Å². The maximum atomic E-state index is 5.91. The molecule has 17 heavy (non-hydrogen) atoms. The molecule has 0 aromatic carbocycles. The third-order valence-corrected chi connectivity index (χ3v) is 4.24. The van der Waals surface area contributed by atoms with Crippen LogP contribution in [0.1, 0.15) is 19.8 Å². The summed E-state index contributed by atoms with van der Waals surface area (Å²) in [5, 5.41) is 0. The highest BCUT2D eigenvalue weighted by atomic mass is 16.5. The van der Waals surface area contributed by atoms with Crippen LogP contribution in [0.5, 0.6) is 0 Å². The second kappa shape index (κ2) is 5.65. The lowest BCUT2D eigenvalue weighted by Gasteiger charge is -2.45. The monoisotopic (exact) mass is 241 g/mol.